The van der Waals surface area contributed by atoms with Crippen molar-refractivity contribution in [3.8, 4) is 11.3 Å². The minimum Gasteiger partial charge on any atom is -0.465 e. The first kappa shape index (κ1) is 17.6. The third-order valence-electron chi connectivity index (χ3n) is 3.93. The van der Waals surface area contributed by atoms with E-state index in [0.29, 0.717) is 0 Å². The number of nitrogens with two attached hydrogens (primary N) is 1. The Morgan fingerprint density at radius 2 is 1.96 bits per heavy atom. The zero-order chi connectivity index (χ0) is 19.2. The molecule has 0 saturated heterocycles. The topological polar surface area (TPSA) is 82.5 Å². The molecule has 0 spiro atoms. The van der Waals surface area contributed by atoms with Gasteiger partial charge < -0.3 is 10.5 Å². The van der Waals surface area contributed by atoms with Gasteiger partial charge in [-0.15, -0.1) is 0 Å². The highest BCUT2D eigenvalue weighted by molar-refractivity contribution is 5.93. The first-order valence-corrected chi connectivity index (χ1v) is 7.23. The minimum atomic E-state index is -4.73. The summed E-state index contributed by atoms with van der Waals surface area (Å²) in [4.78, 5) is 15.4. The van der Waals surface area contributed by atoms with E-state index in [2.05, 4.69) is 14.8 Å². The predicted molar refractivity (Wildman–Crippen MR) is 83.9 cm³/mol. The number of halogens is 4. The molecule has 0 radical (unpaired) electrons. The van der Waals surface area contributed by atoms with Gasteiger partial charge in [0.15, 0.2) is 5.82 Å². The molecule has 0 amide bonds. The molecule has 6 nitrogen and oxygen atoms in total. The molecule has 3 aromatic rings. The molecule has 26 heavy (non-hydrogen) atoms. The molecule has 136 valence electrons. The molecule has 2 heterocycles. The van der Waals surface area contributed by atoms with Gasteiger partial charge >= 0.3 is 12.1 Å². The Balaban J connectivity index is 2.36. The third-order valence-corrected chi connectivity index (χ3v) is 3.93. The molecule has 1 aromatic carbocycles. The van der Waals surface area contributed by atoms with Crippen LogP contribution in [-0.2, 0) is 10.9 Å². The number of esters is 1. The second-order valence-electron chi connectivity index (χ2n) is 5.47. The molecular weight excluding hydrogens is 356 g/mol. The molecule has 10 heteroatoms. The number of alkyl halides is 3. The zero-order valence-corrected chi connectivity index (χ0v) is 13.6. The van der Waals surface area contributed by atoms with E-state index in [0.717, 1.165) is 30.1 Å². The van der Waals surface area contributed by atoms with Crippen molar-refractivity contribution in [3.05, 3.63) is 47.0 Å². The number of carbonyl (C=O) groups is 1. The van der Waals surface area contributed by atoms with E-state index in [4.69, 9.17) is 5.73 Å². The summed E-state index contributed by atoms with van der Waals surface area (Å²) in [6.45, 7) is 1.36. The summed E-state index contributed by atoms with van der Waals surface area (Å²) in [6, 6.07) is 3.04. The molecule has 0 fully saturated rings. The molecule has 0 aliphatic rings. The van der Waals surface area contributed by atoms with Crippen LogP contribution in [0.3, 0.4) is 0 Å². The predicted octanol–water partition coefficient (Wildman–Crippen LogP) is 3.23. The lowest BCUT2D eigenvalue weighted by Crippen LogP contribution is -2.08. The van der Waals surface area contributed by atoms with E-state index in [1.165, 1.54) is 13.0 Å². The maximum absolute atomic E-state index is 14.2. The Labute approximate surface area is 144 Å². The highest BCUT2D eigenvalue weighted by Crippen LogP contribution is 2.39. The number of aromatic nitrogens is 3. The monoisotopic (exact) mass is 368 g/mol. The van der Waals surface area contributed by atoms with Gasteiger partial charge in [-0.3, -0.25) is 0 Å². The number of anilines is 1. The molecule has 0 bridgehead atoms. The number of carbonyl (C=O) groups excluding carboxylic acids is 1. The number of nitrogen functional groups attached to an aromatic ring is 1. The zero-order valence-electron chi connectivity index (χ0n) is 13.6. The summed E-state index contributed by atoms with van der Waals surface area (Å²) in [5, 5.41) is 3.79. The third kappa shape index (κ3) is 2.72. The highest BCUT2D eigenvalue weighted by atomic mass is 19.4. The van der Waals surface area contributed by atoms with Gasteiger partial charge in [0, 0.05) is 5.56 Å². The van der Waals surface area contributed by atoms with E-state index in [-0.39, 0.29) is 28.2 Å². The van der Waals surface area contributed by atoms with Gasteiger partial charge in [0.25, 0.3) is 0 Å². The number of rotatable bonds is 2. The van der Waals surface area contributed by atoms with Gasteiger partial charge in [0.1, 0.15) is 17.7 Å². The number of benzene rings is 1. The fourth-order valence-corrected chi connectivity index (χ4v) is 2.64. The molecule has 3 rings (SSSR count). The SMILES string of the molecule is COC(=O)c1cc(-c2cc(C(F)(F)F)c3c(N)ncnn23)cc(F)c1C. The lowest BCUT2D eigenvalue weighted by atomic mass is 10.0. The molecular formula is C16H12F4N4O2. The summed E-state index contributed by atoms with van der Waals surface area (Å²) in [6.07, 6.45) is -3.74. The average Bonchev–Trinajstić information content (AvgIpc) is 2.98. The molecule has 2 N–H and O–H groups in total. The fraction of sp³-hybridized carbons (Fsp3) is 0.188. The summed E-state index contributed by atoms with van der Waals surface area (Å²) in [5.74, 6) is -1.96. The van der Waals surface area contributed by atoms with E-state index in [1.807, 2.05) is 0 Å². The smallest absolute Gasteiger partial charge is 0.418 e. The van der Waals surface area contributed by atoms with E-state index < -0.39 is 29.0 Å². The Morgan fingerprint density at radius 1 is 1.27 bits per heavy atom. The lowest BCUT2D eigenvalue weighted by molar-refractivity contribution is -0.136. The van der Waals surface area contributed by atoms with Crippen LogP contribution in [0.4, 0.5) is 23.4 Å². The molecule has 0 unspecified atom stereocenters. The van der Waals surface area contributed by atoms with Gasteiger partial charge in [0.05, 0.1) is 23.9 Å². The average molecular weight is 368 g/mol. The van der Waals surface area contributed by atoms with Crippen LogP contribution in [0.25, 0.3) is 16.8 Å². The first-order valence-electron chi connectivity index (χ1n) is 7.23. The highest BCUT2D eigenvalue weighted by Gasteiger charge is 2.36. The molecule has 0 saturated carbocycles. The van der Waals surface area contributed by atoms with Gasteiger partial charge in [-0.05, 0) is 30.7 Å². The van der Waals surface area contributed by atoms with Crippen molar-refractivity contribution in [1.29, 1.82) is 0 Å². The summed E-state index contributed by atoms with van der Waals surface area (Å²) in [5.41, 5.74) is 3.90. The van der Waals surface area contributed by atoms with Gasteiger partial charge in [-0.25, -0.2) is 18.7 Å². The number of nitrogens with zero attached hydrogens (tertiary/aromatic N) is 3. The van der Waals surface area contributed by atoms with Crippen molar-refractivity contribution in [3.63, 3.8) is 0 Å². The minimum absolute atomic E-state index is 0.0112. The lowest BCUT2D eigenvalue weighted by Gasteiger charge is -2.09. The van der Waals surface area contributed by atoms with Crippen molar-refractivity contribution >= 4 is 17.3 Å². The Hall–Kier alpha value is -3.17. The van der Waals surface area contributed by atoms with Crippen molar-refractivity contribution in [2.75, 3.05) is 12.8 Å². The maximum atomic E-state index is 14.2. The Kier molecular flexibility index (Phi) is 4.05. The van der Waals surface area contributed by atoms with E-state index in [1.54, 1.807) is 0 Å². The van der Waals surface area contributed by atoms with Crippen molar-refractivity contribution in [2.24, 2.45) is 0 Å². The van der Waals surface area contributed by atoms with Crippen LogP contribution >= 0.6 is 0 Å². The molecule has 0 atom stereocenters. The van der Waals surface area contributed by atoms with Crippen LogP contribution in [0.15, 0.2) is 24.5 Å². The van der Waals surface area contributed by atoms with Gasteiger partial charge in [-0.2, -0.15) is 18.3 Å². The first-order chi connectivity index (χ1) is 12.1. The molecule has 0 aliphatic heterocycles. The van der Waals surface area contributed by atoms with E-state index in [9.17, 15) is 22.4 Å². The van der Waals surface area contributed by atoms with Gasteiger partial charge in [0.2, 0.25) is 0 Å². The summed E-state index contributed by atoms with van der Waals surface area (Å²) >= 11 is 0. The van der Waals surface area contributed by atoms with Crippen LogP contribution in [0.5, 0.6) is 0 Å². The van der Waals surface area contributed by atoms with Crippen LogP contribution in [0.2, 0.25) is 0 Å². The molecule has 0 aliphatic carbocycles. The quantitative estimate of drug-likeness (QED) is 0.555. The largest absolute Gasteiger partial charge is 0.465 e. The van der Waals surface area contributed by atoms with Crippen LogP contribution in [0.1, 0.15) is 21.5 Å². The van der Waals surface area contributed by atoms with Crippen LogP contribution in [-0.4, -0.2) is 27.7 Å². The Morgan fingerprint density at radius 3 is 2.58 bits per heavy atom. The second-order valence-corrected chi connectivity index (χ2v) is 5.47. The fourth-order valence-electron chi connectivity index (χ4n) is 2.64. The van der Waals surface area contributed by atoms with Gasteiger partial charge in [-0.1, -0.05) is 0 Å². The van der Waals surface area contributed by atoms with Crippen molar-refractivity contribution < 1.29 is 27.1 Å². The number of methoxy groups -OCH3 is 1. The summed E-state index contributed by atoms with van der Waals surface area (Å²) < 4.78 is 59.8. The molecule has 2 aromatic heterocycles. The normalized spacial score (nSPS) is 11.8. The number of hydrogen-bond acceptors (Lipinski definition) is 5. The van der Waals surface area contributed by atoms with Crippen LogP contribution < -0.4 is 5.73 Å². The number of ether oxygens (including phenoxy) is 1. The van der Waals surface area contributed by atoms with Crippen molar-refractivity contribution in [2.45, 2.75) is 13.1 Å². The standard InChI is InChI=1S/C16H12F4N4O2/c1-7-9(15(25)26-2)3-8(4-11(7)17)12-5-10(16(18,19)20)13-14(21)22-6-23-24(12)13/h3-6H,1-2H3,(H2,21,22,23). The summed E-state index contributed by atoms with van der Waals surface area (Å²) in [7, 11) is 1.12. The van der Waals surface area contributed by atoms with Crippen molar-refractivity contribution in [1.82, 2.24) is 14.6 Å². The second kappa shape index (κ2) is 5.97. The maximum Gasteiger partial charge on any atom is 0.418 e. The van der Waals surface area contributed by atoms with E-state index >= 15 is 0 Å². The Bertz CT molecular complexity index is 1030. The number of hydrogen-bond donors (Lipinski definition) is 1. The number of fused-ring (bicyclic) bond motifs is 1. The van der Waals surface area contributed by atoms with Crippen LogP contribution in [0, 0.1) is 12.7 Å².